The number of benzene rings is 2. The molecule has 0 spiro atoms. The van der Waals surface area contributed by atoms with Crippen LogP contribution in [0, 0.1) is 0 Å². The van der Waals surface area contributed by atoms with E-state index in [9.17, 15) is 5.11 Å². The minimum Gasteiger partial charge on any atom is -0.491 e. The first kappa shape index (κ1) is 20.7. The van der Waals surface area contributed by atoms with Crippen LogP contribution in [0.5, 0.6) is 5.75 Å². The third kappa shape index (κ3) is 5.72. The Kier molecular flexibility index (Phi) is 7.19. The standard InChI is InChI=1S/C25H30N2O3/c28-23(18-27-14-12-20-6-1-2-8-22(20)17-27)19-30-25-10-4-3-7-21(25)16-26-13-11-24-9-5-15-29-24/h1-10,15,23,26,28H,11-14,16-19H2/t23-/m1/s1. The fourth-order valence-electron chi connectivity index (χ4n) is 3.93. The Labute approximate surface area is 178 Å². The molecule has 0 amide bonds. The second-order valence-corrected chi connectivity index (χ2v) is 7.83. The number of ether oxygens (including phenoxy) is 1. The summed E-state index contributed by atoms with van der Waals surface area (Å²) in [5.41, 5.74) is 3.88. The molecule has 2 aromatic carbocycles. The van der Waals surface area contributed by atoms with Crippen molar-refractivity contribution in [3.8, 4) is 5.75 Å². The normalized spacial score (nSPS) is 15.0. The van der Waals surface area contributed by atoms with Gasteiger partial charge in [-0.1, -0.05) is 42.5 Å². The lowest BCUT2D eigenvalue weighted by molar-refractivity contribution is 0.0634. The number of nitrogens with one attached hydrogen (secondary N) is 1. The molecule has 0 fully saturated rings. The number of furan rings is 1. The summed E-state index contributed by atoms with van der Waals surface area (Å²) in [6.45, 7) is 4.34. The van der Waals surface area contributed by atoms with Crippen LogP contribution in [-0.2, 0) is 25.9 Å². The van der Waals surface area contributed by atoms with Crippen molar-refractivity contribution in [2.24, 2.45) is 0 Å². The predicted molar refractivity (Wildman–Crippen MR) is 117 cm³/mol. The molecule has 4 rings (SSSR count). The molecule has 1 atom stereocenters. The largest absolute Gasteiger partial charge is 0.491 e. The van der Waals surface area contributed by atoms with Gasteiger partial charge in [0.25, 0.3) is 0 Å². The molecule has 0 unspecified atom stereocenters. The molecule has 2 N–H and O–H groups in total. The van der Waals surface area contributed by atoms with Crippen molar-refractivity contribution in [3.05, 3.63) is 89.4 Å². The molecule has 5 heteroatoms. The average molecular weight is 407 g/mol. The number of aliphatic hydroxyl groups is 1. The Balaban J connectivity index is 1.22. The molecular formula is C25H30N2O3. The van der Waals surface area contributed by atoms with Gasteiger partial charge < -0.3 is 19.6 Å². The van der Waals surface area contributed by atoms with Crippen LogP contribution >= 0.6 is 0 Å². The van der Waals surface area contributed by atoms with E-state index in [0.717, 1.165) is 56.1 Å². The average Bonchev–Trinajstić information content (AvgIpc) is 3.29. The van der Waals surface area contributed by atoms with Crippen molar-refractivity contribution in [1.82, 2.24) is 10.2 Å². The fourth-order valence-corrected chi connectivity index (χ4v) is 3.93. The molecule has 0 saturated carbocycles. The third-order valence-electron chi connectivity index (χ3n) is 5.53. The zero-order valence-corrected chi connectivity index (χ0v) is 17.3. The van der Waals surface area contributed by atoms with Gasteiger partial charge in [0.05, 0.1) is 6.26 Å². The molecule has 0 radical (unpaired) electrons. The van der Waals surface area contributed by atoms with Gasteiger partial charge >= 0.3 is 0 Å². The Morgan fingerprint density at radius 1 is 1.03 bits per heavy atom. The van der Waals surface area contributed by atoms with E-state index >= 15 is 0 Å². The second kappa shape index (κ2) is 10.4. The van der Waals surface area contributed by atoms with E-state index in [1.165, 1.54) is 11.1 Å². The van der Waals surface area contributed by atoms with Crippen LogP contribution in [0.25, 0.3) is 0 Å². The number of fused-ring (bicyclic) bond motifs is 1. The second-order valence-electron chi connectivity index (χ2n) is 7.83. The topological polar surface area (TPSA) is 57.9 Å². The number of nitrogens with zero attached hydrogens (tertiary/aromatic N) is 1. The van der Waals surface area contributed by atoms with Gasteiger partial charge in [-0.2, -0.15) is 0 Å². The van der Waals surface area contributed by atoms with E-state index in [1.807, 2.05) is 30.3 Å². The molecule has 1 aliphatic heterocycles. The maximum atomic E-state index is 10.5. The van der Waals surface area contributed by atoms with E-state index < -0.39 is 6.10 Å². The molecule has 0 aliphatic carbocycles. The lowest BCUT2D eigenvalue weighted by atomic mass is 10.00. The summed E-state index contributed by atoms with van der Waals surface area (Å²) in [6.07, 6.45) is 3.08. The molecule has 3 aromatic rings. The van der Waals surface area contributed by atoms with E-state index in [-0.39, 0.29) is 0 Å². The minimum absolute atomic E-state index is 0.293. The van der Waals surface area contributed by atoms with Crippen molar-refractivity contribution in [1.29, 1.82) is 0 Å². The summed E-state index contributed by atoms with van der Waals surface area (Å²) in [5.74, 6) is 1.81. The van der Waals surface area contributed by atoms with Crippen LogP contribution in [0.1, 0.15) is 22.5 Å². The van der Waals surface area contributed by atoms with Crippen LogP contribution in [-0.4, -0.2) is 42.4 Å². The summed E-state index contributed by atoms with van der Waals surface area (Å²) in [7, 11) is 0. The Hall–Kier alpha value is -2.60. The lowest BCUT2D eigenvalue weighted by Gasteiger charge is -2.30. The fraction of sp³-hybridized carbons (Fsp3) is 0.360. The van der Waals surface area contributed by atoms with Gasteiger partial charge in [0.2, 0.25) is 0 Å². The summed E-state index contributed by atoms with van der Waals surface area (Å²) in [4.78, 5) is 2.30. The maximum Gasteiger partial charge on any atom is 0.123 e. The Morgan fingerprint density at radius 2 is 1.87 bits per heavy atom. The Morgan fingerprint density at radius 3 is 2.73 bits per heavy atom. The molecule has 0 bridgehead atoms. The van der Waals surface area contributed by atoms with E-state index in [0.29, 0.717) is 13.2 Å². The SMILES string of the molecule is O[C@@H](COc1ccccc1CNCCc1ccco1)CN1CCc2ccccc2C1. The molecule has 5 nitrogen and oxygen atoms in total. The molecule has 30 heavy (non-hydrogen) atoms. The molecule has 158 valence electrons. The first-order valence-corrected chi connectivity index (χ1v) is 10.7. The van der Waals surface area contributed by atoms with Crippen LogP contribution < -0.4 is 10.1 Å². The molecule has 1 aliphatic rings. The van der Waals surface area contributed by atoms with Crippen LogP contribution in [0.3, 0.4) is 0 Å². The number of hydrogen-bond acceptors (Lipinski definition) is 5. The third-order valence-corrected chi connectivity index (χ3v) is 5.53. The lowest BCUT2D eigenvalue weighted by Crippen LogP contribution is -2.38. The van der Waals surface area contributed by atoms with Crippen molar-refractivity contribution in [2.45, 2.75) is 32.0 Å². The van der Waals surface area contributed by atoms with Crippen molar-refractivity contribution in [3.63, 3.8) is 0 Å². The van der Waals surface area contributed by atoms with Crippen molar-refractivity contribution < 1.29 is 14.3 Å². The zero-order chi connectivity index (χ0) is 20.6. The quantitative estimate of drug-likeness (QED) is 0.506. The van der Waals surface area contributed by atoms with E-state index in [2.05, 4.69) is 40.5 Å². The highest BCUT2D eigenvalue weighted by Gasteiger charge is 2.19. The summed E-state index contributed by atoms with van der Waals surface area (Å²) >= 11 is 0. The number of para-hydroxylation sites is 1. The first-order valence-electron chi connectivity index (χ1n) is 10.7. The minimum atomic E-state index is -0.518. The maximum absolute atomic E-state index is 10.5. The summed E-state index contributed by atoms with van der Waals surface area (Å²) in [6, 6.07) is 20.5. The predicted octanol–water partition coefficient (Wildman–Crippen LogP) is 3.41. The van der Waals surface area contributed by atoms with Crippen molar-refractivity contribution in [2.75, 3.05) is 26.2 Å². The van der Waals surface area contributed by atoms with Gasteiger partial charge in [0.1, 0.15) is 24.2 Å². The Bertz CT molecular complexity index is 910. The van der Waals surface area contributed by atoms with Crippen LogP contribution in [0.4, 0.5) is 0 Å². The number of β-amino-alcohol motifs (C(OH)–C–C–N with tert-alkyl or cyclic N) is 1. The highest BCUT2D eigenvalue weighted by Crippen LogP contribution is 2.20. The van der Waals surface area contributed by atoms with E-state index in [1.54, 1.807) is 6.26 Å². The van der Waals surface area contributed by atoms with Gasteiger partial charge in [0, 0.05) is 44.7 Å². The highest BCUT2D eigenvalue weighted by molar-refractivity contribution is 5.33. The van der Waals surface area contributed by atoms with Crippen LogP contribution in [0.15, 0.2) is 71.3 Å². The van der Waals surface area contributed by atoms with E-state index in [4.69, 9.17) is 9.15 Å². The van der Waals surface area contributed by atoms with Crippen molar-refractivity contribution >= 4 is 0 Å². The van der Waals surface area contributed by atoms with Crippen LogP contribution in [0.2, 0.25) is 0 Å². The summed E-state index contributed by atoms with van der Waals surface area (Å²) < 4.78 is 11.3. The number of aliphatic hydroxyl groups excluding tert-OH is 1. The summed E-state index contributed by atoms with van der Waals surface area (Å²) in [5, 5.41) is 14.0. The van der Waals surface area contributed by atoms with Gasteiger partial charge in [-0.25, -0.2) is 0 Å². The number of hydrogen-bond donors (Lipinski definition) is 2. The molecule has 0 saturated heterocycles. The van der Waals surface area contributed by atoms with Gasteiger partial charge in [-0.3, -0.25) is 4.90 Å². The first-order chi connectivity index (χ1) is 14.8. The van der Waals surface area contributed by atoms with Gasteiger partial charge in [-0.05, 0) is 35.7 Å². The molecule has 1 aromatic heterocycles. The monoisotopic (exact) mass is 406 g/mol. The number of rotatable bonds is 10. The molecular weight excluding hydrogens is 376 g/mol. The molecule has 2 heterocycles. The smallest absolute Gasteiger partial charge is 0.123 e. The zero-order valence-electron chi connectivity index (χ0n) is 17.3. The van der Waals surface area contributed by atoms with Gasteiger partial charge in [-0.15, -0.1) is 0 Å². The van der Waals surface area contributed by atoms with Gasteiger partial charge in [0.15, 0.2) is 0 Å². The highest BCUT2D eigenvalue weighted by atomic mass is 16.5.